The first-order valence-corrected chi connectivity index (χ1v) is 7.78. The van der Waals surface area contributed by atoms with Gasteiger partial charge >= 0.3 is 0 Å². The first-order chi connectivity index (χ1) is 9.48. The summed E-state index contributed by atoms with van der Waals surface area (Å²) in [7, 11) is 0. The van der Waals surface area contributed by atoms with Crippen LogP contribution in [0.4, 0.5) is 0 Å². The van der Waals surface area contributed by atoms with E-state index in [-0.39, 0.29) is 11.9 Å². The highest BCUT2D eigenvalue weighted by atomic mass is 32.2. The van der Waals surface area contributed by atoms with Crippen molar-refractivity contribution in [3.05, 3.63) is 18.5 Å². The Bertz CT molecular complexity index is 537. The van der Waals surface area contributed by atoms with E-state index in [2.05, 4.69) is 23.1 Å². The molecular weight excluding hydrogens is 272 g/mol. The van der Waals surface area contributed by atoms with E-state index in [1.807, 2.05) is 30.5 Å². The number of hydrogen-bond acceptors (Lipinski definition) is 4. The van der Waals surface area contributed by atoms with Crippen LogP contribution in [-0.4, -0.2) is 50.0 Å². The van der Waals surface area contributed by atoms with Gasteiger partial charge in [0, 0.05) is 30.6 Å². The molecule has 0 aromatic carbocycles. The predicted molar refractivity (Wildman–Crippen MR) is 79.9 cm³/mol. The van der Waals surface area contributed by atoms with Crippen molar-refractivity contribution in [3.63, 3.8) is 0 Å². The molecule has 1 aromatic heterocycles. The number of rotatable bonds is 2. The average Bonchev–Trinajstić information content (AvgIpc) is 3.04. The number of carbonyl (C=O) groups excluding carboxylic acids is 1. The van der Waals surface area contributed by atoms with E-state index in [0.717, 1.165) is 24.6 Å². The van der Waals surface area contributed by atoms with Crippen molar-refractivity contribution < 1.29 is 4.79 Å². The molecule has 0 bridgehead atoms. The van der Waals surface area contributed by atoms with Crippen LogP contribution in [-0.2, 0) is 10.3 Å². The lowest BCUT2D eigenvalue weighted by Crippen LogP contribution is -2.53. The minimum Gasteiger partial charge on any atom is -0.338 e. The highest BCUT2D eigenvalue weighted by molar-refractivity contribution is 8.14. The van der Waals surface area contributed by atoms with Gasteiger partial charge < -0.3 is 4.90 Å². The Balaban J connectivity index is 1.75. The van der Waals surface area contributed by atoms with Crippen LogP contribution in [0.15, 0.2) is 17.4 Å². The Labute approximate surface area is 123 Å². The molecule has 20 heavy (non-hydrogen) atoms. The fourth-order valence-electron chi connectivity index (χ4n) is 2.86. The van der Waals surface area contributed by atoms with Crippen LogP contribution in [0.5, 0.6) is 0 Å². The molecule has 2 atom stereocenters. The van der Waals surface area contributed by atoms with Gasteiger partial charge in [-0.15, -0.1) is 11.8 Å². The monoisotopic (exact) mass is 291 g/mol. The largest absolute Gasteiger partial charge is 0.338 e. The highest BCUT2D eigenvalue weighted by Gasteiger charge is 2.40. The lowest BCUT2D eigenvalue weighted by atomic mass is 9.99. The Morgan fingerprint density at radius 3 is 3.05 bits per heavy atom. The number of likely N-dealkylation sites (tertiary alicyclic amines) is 1. The molecule has 6 heteroatoms. The third kappa shape index (κ3) is 2.26. The third-order valence-electron chi connectivity index (χ3n) is 4.03. The maximum absolute atomic E-state index is 12.8. The maximum atomic E-state index is 12.8. The van der Waals surface area contributed by atoms with Crippen molar-refractivity contribution in [2.24, 2.45) is 4.99 Å². The number of aromatic nitrogens is 2. The van der Waals surface area contributed by atoms with Gasteiger partial charge in [0.15, 0.2) is 0 Å². The van der Waals surface area contributed by atoms with E-state index < -0.39 is 5.54 Å². The number of carbonyl (C=O) groups is 1. The smallest absolute Gasteiger partial charge is 0.250 e. The van der Waals surface area contributed by atoms with Crippen LogP contribution in [0.3, 0.4) is 0 Å². The number of hydrogen-bond donors (Lipinski definition) is 0. The van der Waals surface area contributed by atoms with Gasteiger partial charge in [-0.1, -0.05) is 0 Å². The van der Waals surface area contributed by atoms with E-state index in [4.69, 9.17) is 0 Å². The van der Waals surface area contributed by atoms with Gasteiger partial charge in [0.25, 0.3) is 0 Å². The summed E-state index contributed by atoms with van der Waals surface area (Å²) in [4.78, 5) is 19.4. The van der Waals surface area contributed by atoms with Crippen LogP contribution in [0.25, 0.3) is 0 Å². The van der Waals surface area contributed by atoms with E-state index in [9.17, 15) is 4.79 Å². The van der Waals surface area contributed by atoms with Crippen molar-refractivity contribution in [3.8, 4) is 0 Å². The summed E-state index contributed by atoms with van der Waals surface area (Å²) in [5.41, 5.74) is -0.669. The predicted octanol–water partition coefficient (Wildman–Crippen LogP) is 1.55. The van der Waals surface area contributed by atoms with Crippen molar-refractivity contribution in [2.45, 2.75) is 44.0 Å². The van der Waals surface area contributed by atoms with E-state index in [1.165, 1.54) is 0 Å². The Hall–Kier alpha value is -1.30. The second-order valence-electron chi connectivity index (χ2n) is 5.86. The zero-order valence-corrected chi connectivity index (χ0v) is 12.9. The van der Waals surface area contributed by atoms with Gasteiger partial charge in [-0.2, -0.15) is 5.10 Å². The van der Waals surface area contributed by atoms with Crippen molar-refractivity contribution in [1.29, 1.82) is 0 Å². The molecule has 1 amide bonds. The summed E-state index contributed by atoms with van der Waals surface area (Å²) >= 11 is 1.86. The van der Waals surface area contributed by atoms with Crippen molar-refractivity contribution >= 4 is 22.7 Å². The van der Waals surface area contributed by atoms with Crippen LogP contribution in [0.1, 0.15) is 27.2 Å². The Kier molecular flexibility index (Phi) is 3.36. The van der Waals surface area contributed by atoms with Gasteiger partial charge in [-0.3, -0.25) is 14.5 Å². The molecule has 0 saturated carbocycles. The maximum Gasteiger partial charge on any atom is 0.250 e. The van der Waals surface area contributed by atoms with Gasteiger partial charge in [-0.05, 0) is 27.2 Å². The third-order valence-corrected chi connectivity index (χ3v) is 5.33. The molecule has 1 saturated heterocycles. The summed E-state index contributed by atoms with van der Waals surface area (Å²) in [6.07, 6.45) is 4.32. The van der Waals surface area contributed by atoms with E-state index >= 15 is 0 Å². The zero-order chi connectivity index (χ0) is 14.3. The number of thioether (sulfide) groups is 1. The molecule has 3 rings (SSSR count). The summed E-state index contributed by atoms with van der Waals surface area (Å²) in [6, 6.07) is 3.15. The van der Waals surface area contributed by atoms with Gasteiger partial charge in [0.2, 0.25) is 5.91 Å². The molecule has 2 unspecified atom stereocenters. The molecule has 1 radical (unpaired) electrons. The van der Waals surface area contributed by atoms with E-state index in [1.54, 1.807) is 17.1 Å². The summed E-state index contributed by atoms with van der Waals surface area (Å²) in [5, 5.41) is 5.87. The number of nitrogens with zero attached hydrogens (tertiary/aromatic N) is 4. The van der Waals surface area contributed by atoms with Gasteiger partial charge in [0.1, 0.15) is 5.54 Å². The molecule has 0 spiro atoms. The second-order valence-corrected chi connectivity index (χ2v) is 7.29. The van der Waals surface area contributed by atoms with Crippen LogP contribution in [0, 0.1) is 6.07 Å². The molecule has 0 aliphatic carbocycles. The normalized spacial score (nSPS) is 26.4. The molecule has 1 fully saturated rings. The quantitative estimate of drug-likeness (QED) is 0.831. The molecular formula is C14H19N4OS. The minimum atomic E-state index is -0.669. The van der Waals surface area contributed by atoms with Gasteiger partial charge in [-0.25, -0.2) is 0 Å². The minimum absolute atomic E-state index is 0.109. The fourth-order valence-corrected chi connectivity index (χ4v) is 4.02. The second kappa shape index (κ2) is 4.91. The Morgan fingerprint density at radius 2 is 2.35 bits per heavy atom. The van der Waals surface area contributed by atoms with Crippen LogP contribution >= 0.6 is 11.8 Å². The average molecular weight is 291 g/mol. The first kappa shape index (κ1) is 13.7. The first-order valence-electron chi connectivity index (χ1n) is 6.90. The number of amides is 1. The van der Waals surface area contributed by atoms with Crippen LogP contribution < -0.4 is 0 Å². The summed E-state index contributed by atoms with van der Waals surface area (Å²) < 4.78 is 1.68. The molecule has 2 aliphatic heterocycles. The SMILES string of the molecule is CC1=NC2CN(C(=O)C(C)(C)n3c[c]cn3)CCC2S1. The van der Waals surface area contributed by atoms with Crippen molar-refractivity contribution in [2.75, 3.05) is 13.1 Å². The fraction of sp³-hybridized carbons (Fsp3) is 0.643. The van der Waals surface area contributed by atoms with Gasteiger partial charge in [0.05, 0.1) is 17.3 Å². The molecule has 5 nitrogen and oxygen atoms in total. The van der Waals surface area contributed by atoms with E-state index in [0.29, 0.717) is 5.25 Å². The number of fused-ring (bicyclic) bond motifs is 1. The lowest BCUT2D eigenvalue weighted by Gasteiger charge is -2.38. The molecule has 107 valence electrons. The zero-order valence-electron chi connectivity index (χ0n) is 12.0. The Morgan fingerprint density at radius 1 is 1.55 bits per heavy atom. The summed E-state index contributed by atoms with van der Waals surface area (Å²) in [5.74, 6) is 0.109. The lowest BCUT2D eigenvalue weighted by molar-refractivity contribution is -0.140. The number of piperidine rings is 1. The molecule has 0 N–H and O–H groups in total. The molecule has 3 heterocycles. The molecule has 1 aromatic rings. The molecule has 2 aliphatic rings. The standard InChI is InChI=1S/C14H19N4OS/c1-10-16-11-9-17(8-5-12(11)20-10)13(19)14(2,3)18-7-4-6-15-18/h6-7,11-12H,5,8-9H2,1-3H3. The van der Waals surface area contributed by atoms with Crippen LogP contribution in [0.2, 0.25) is 0 Å². The summed E-state index contributed by atoms with van der Waals surface area (Å²) in [6.45, 7) is 7.39. The van der Waals surface area contributed by atoms with Crippen molar-refractivity contribution in [1.82, 2.24) is 14.7 Å². The topological polar surface area (TPSA) is 50.5 Å². The number of aliphatic imine (C=N–C) groups is 1. The highest BCUT2D eigenvalue weighted by Crippen LogP contribution is 2.34.